The van der Waals surface area contributed by atoms with Crippen LogP contribution in [0.2, 0.25) is 0 Å². The van der Waals surface area contributed by atoms with Gasteiger partial charge in [0.15, 0.2) is 0 Å². The molecule has 0 aromatic carbocycles. The first-order valence-electron chi connectivity index (χ1n) is 6.01. The summed E-state index contributed by atoms with van der Waals surface area (Å²) in [5, 5.41) is 7.47. The van der Waals surface area contributed by atoms with Gasteiger partial charge in [-0.2, -0.15) is 5.10 Å². The Hall–Kier alpha value is -1.24. The van der Waals surface area contributed by atoms with Crippen LogP contribution in [0.3, 0.4) is 0 Å². The van der Waals surface area contributed by atoms with E-state index in [0.717, 1.165) is 18.7 Å². The molecule has 0 saturated heterocycles. The highest BCUT2D eigenvalue weighted by Gasteiger charge is 2.16. The molecular formula is C11H22N4O2S. The first kappa shape index (κ1) is 14.8. The van der Waals surface area contributed by atoms with Crippen LogP contribution in [-0.2, 0) is 16.4 Å². The van der Waals surface area contributed by atoms with Crippen LogP contribution in [0.15, 0.2) is 0 Å². The van der Waals surface area contributed by atoms with Crippen LogP contribution in [0.25, 0.3) is 0 Å². The summed E-state index contributed by atoms with van der Waals surface area (Å²) < 4.78 is 24.3. The highest BCUT2D eigenvalue weighted by molar-refractivity contribution is 7.90. The minimum absolute atomic E-state index is 0.0722. The summed E-state index contributed by atoms with van der Waals surface area (Å²) in [7, 11) is -3.01. The molecule has 1 unspecified atom stereocenters. The third-order valence-corrected chi connectivity index (χ3v) is 3.65. The fourth-order valence-corrected chi connectivity index (χ4v) is 2.84. The quantitative estimate of drug-likeness (QED) is 0.808. The predicted molar refractivity (Wildman–Crippen MR) is 74.5 cm³/mol. The Morgan fingerprint density at radius 2 is 2.11 bits per heavy atom. The molecule has 0 radical (unpaired) electrons. The molecule has 3 N–H and O–H groups in total. The number of aromatic nitrogens is 2. The van der Waals surface area contributed by atoms with E-state index in [1.54, 1.807) is 4.68 Å². The van der Waals surface area contributed by atoms with E-state index < -0.39 is 9.84 Å². The van der Waals surface area contributed by atoms with E-state index >= 15 is 0 Å². The molecule has 1 aromatic rings. The summed E-state index contributed by atoms with van der Waals surface area (Å²) in [6.45, 7) is 6.47. The van der Waals surface area contributed by atoms with E-state index in [4.69, 9.17) is 5.73 Å². The second-order valence-electron chi connectivity index (χ2n) is 4.71. The molecule has 1 rings (SSSR count). The van der Waals surface area contributed by atoms with E-state index in [0.29, 0.717) is 11.5 Å². The number of aryl methyl sites for hydroxylation is 2. The van der Waals surface area contributed by atoms with Crippen molar-refractivity contribution in [2.75, 3.05) is 23.1 Å². The first-order valence-corrected chi connectivity index (χ1v) is 8.07. The average molecular weight is 274 g/mol. The molecule has 0 aliphatic carbocycles. The van der Waals surface area contributed by atoms with E-state index in [1.165, 1.54) is 6.26 Å². The van der Waals surface area contributed by atoms with Gasteiger partial charge in [0.05, 0.1) is 17.1 Å². The molecule has 7 heteroatoms. The average Bonchev–Trinajstić information content (AvgIpc) is 2.44. The monoisotopic (exact) mass is 274 g/mol. The summed E-state index contributed by atoms with van der Waals surface area (Å²) in [6, 6.07) is -0.200. The van der Waals surface area contributed by atoms with Gasteiger partial charge in [-0.05, 0) is 20.3 Å². The zero-order valence-electron chi connectivity index (χ0n) is 11.4. The Morgan fingerprint density at radius 1 is 1.50 bits per heavy atom. The normalized spacial score (nSPS) is 13.6. The second kappa shape index (κ2) is 5.60. The summed E-state index contributed by atoms with van der Waals surface area (Å²) in [4.78, 5) is 0. The lowest BCUT2D eigenvalue weighted by Gasteiger charge is -2.16. The van der Waals surface area contributed by atoms with Gasteiger partial charge in [0.25, 0.3) is 0 Å². The number of nitrogens with one attached hydrogen (secondary N) is 1. The highest BCUT2D eigenvalue weighted by atomic mass is 32.2. The first-order chi connectivity index (χ1) is 8.24. The summed E-state index contributed by atoms with van der Waals surface area (Å²) >= 11 is 0. The SMILES string of the molecule is CCCn1nc(C)c(N)c1NC(C)CS(C)(=O)=O. The van der Waals surface area contributed by atoms with Crippen LogP contribution in [0.1, 0.15) is 26.0 Å². The van der Waals surface area contributed by atoms with Gasteiger partial charge in [0, 0.05) is 18.8 Å². The molecule has 0 fully saturated rings. The van der Waals surface area contributed by atoms with Gasteiger partial charge in [-0.25, -0.2) is 13.1 Å². The molecule has 18 heavy (non-hydrogen) atoms. The maximum Gasteiger partial charge on any atom is 0.149 e. The molecule has 1 atom stereocenters. The van der Waals surface area contributed by atoms with Crippen molar-refractivity contribution < 1.29 is 8.42 Å². The standard InChI is InChI=1S/C11H22N4O2S/c1-5-6-15-11(10(12)9(3)14-15)13-8(2)7-18(4,16)17/h8,13H,5-7,12H2,1-4H3. The molecule has 0 aliphatic rings. The van der Waals surface area contributed by atoms with Crippen molar-refractivity contribution in [1.82, 2.24) is 9.78 Å². The Balaban J connectivity index is 2.89. The third kappa shape index (κ3) is 3.90. The maximum atomic E-state index is 11.2. The van der Waals surface area contributed by atoms with E-state index in [2.05, 4.69) is 17.3 Å². The lowest BCUT2D eigenvalue weighted by atomic mass is 10.3. The van der Waals surface area contributed by atoms with E-state index in [1.807, 2.05) is 13.8 Å². The number of hydrogen-bond acceptors (Lipinski definition) is 5. The molecule has 6 nitrogen and oxygen atoms in total. The van der Waals surface area contributed by atoms with E-state index in [-0.39, 0.29) is 11.8 Å². The Bertz CT molecular complexity index is 507. The van der Waals surface area contributed by atoms with Crippen LogP contribution in [0.5, 0.6) is 0 Å². The number of nitrogens with two attached hydrogens (primary N) is 1. The van der Waals surface area contributed by atoms with Crippen LogP contribution in [-0.4, -0.2) is 36.2 Å². The maximum absolute atomic E-state index is 11.2. The van der Waals surface area contributed by atoms with Crippen molar-refractivity contribution in [2.45, 2.75) is 39.8 Å². The van der Waals surface area contributed by atoms with Crippen molar-refractivity contribution in [3.63, 3.8) is 0 Å². The van der Waals surface area contributed by atoms with Gasteiger partial charge >= 0.3 is 0 Å². The Labute approximate surface area is 108 Å². The number of rotatable bonds is 6. The topological polar surface area (TPSA) is 90.0 Å². The summed E-state index contributed by atoms with van der Waals surface area (Å²) in [5.74, 6) is 0.786. The van der Waals surface area contributed by atoms with Crippen molar-refractivity contribution in [3.05, 3.63) is 5.69 Å². The molecule has 0 spiro atoms. The van der Waals surface area contributed by atoms with Gasteiger partial charge in [-0.15, -0.1) is 0 Å². The number of sulfone groups is 1. The number of nitrogens with zero attached hydrogens (tertiary/aromatic N) is 2. The summed E-state index contributed by atoms with van der Waals surface area (Å²) in [6.07, 6.45) is 2.17. The molecule has 1 heterocycles. The predicted octanol–water partition coefficient (Wildman–Crippen LogP) is 1.03. The number of anilines is 2. The zero-order chi connectivity index (χ0) is 13.9. The number of nitrogen functional groups attached to an aromatic ring is 1. The van der Waals surface area contributed by atoms with E-state index in [9.17, 15) is 8.42 Å². The smallest absolute Gasteiger partial charge is 0.149 e. The number of hydrogen-bond donors (Lipinski definition) is 2. The van der Waals surface area contributed by atoms with Gasteiger partial charge < -0.3 is 11.1 Å². The molecular weight excluding hydrogens is 252 g/mol. The van der Waals surface area contributed by atoms with Gasteiger partial charge in [-0.3, -0.25) is 0 Å². The minimum atomic E-state index is -3.01. The summed E-state index contributed by atoms with van der Waals surface area (Å²) in [5.41, 5.74) is 7.30. The van der Waals surface area contributed by atoms with Crippen LogP contribution in [0, 0.1) is 6.92 Å². The van der Waals surface area contributed by atoms with Crippen molar-refractivity contribution in [1.29, 1.82) is 0 Å². The molecule has 0 bridgehead atoms. The third-order valence-electron chi connectivity index (χ3n) is 2.55. The van der Waals surface area contributed by atoms with Gasteiger partial charge in [0.2, 0.25) is 0 Å². The largest absolute Gasteiger partial charge is 0.394 e. The lowest BCUT2D eigenvalue weighted by Crippen LogP contribution is -2.26. The molecule has 104 valence electrons. The highest BCUT2D eigenvalue weighted by Crippen LogP contribution is 2.23. The Morgan fingerprint density at radius 3 is 2.61 bits per heavy atom. The molecule has 0 saturated carbocycles. The van der Waals surface area contributed by atoms with Crippen molar-refractivity contribution in [2.24, 2.45) is 0 Å². The zero-order valence-corrected chi connectivity index (χ0v) is 12.2. The fourth-order valence-electron chi connectivity index (χ4n) is 1.85. The van der Waals surface area contributed by atoms with Crippen LogP contribution < -0.4 is 11.1 Å². The molecule has 0 amide bonds. The van der Waals surface area contributed by atoms with Crippen molar-refractivity contribution in [3.8, 4) is 0 Å². The van der Waals surface area contributed by atoms with Crippen LogP contribution >= 0.6 is 0 Å². The fraction of sp³-hybridized carbons (Fsp3) is 0.727. The second-order valence-corrected chi connectivity index (χ2v) is 6.89. The minimum Gasteiger partial charge on any atom is -0.394 e. The molecule has 0 aliphatic heterocycles. The van der Waals surface area contributed by atoms with Gasteiger partial charge in [0.1, 0.15) is 15.7 Å². The molecule has 1 aromatic heterocycles. The Kier molecular flexibility index (Phi) is 4.61. The van der Waals surface area contributed by atoms with Gasteiger partial charge in [-0.1, -0.05) is 6.92 Å². The van der Waals surface area contributed by atoms with Crippen molar-refractivity contribution >= 4 is 21.3 Å². The van der Waals surface area contributed by atoms with Crippen LogP contribution in [0.4, 0.5) is 11.5 Å². The lowest BCUT2D eigenvalue weighted by molar-refractivity contribution is 0.591.